The van der Waals surface area contributed by atoms with Crippen LogP contribution >= 0.6 is 7.82 Å². The lowest BCUT2D eigenvalue weighted by Crippen LogP contribution is -2.64. The maximum atomic E-state index is 12.8. The molecule has 68 heavy (non-hydrogen) atoms. The van der Waals surface area contributed by atoms with Gasteiger partial charge in [-0.15, -0.1) is 0 Å². The third-order valence-corrected chi connectivity index (χ3v) is 11.4. The van der Waals surface area contributed by atoms with Gasteiger partial charge in [0.2, 0.25) is 0 Å². The molecule has 0 aromatic carbocycles. The maximum Gasteiger partial charge on any atom is 0.472 e. The quantitative estimate of drug-likeness (QED) is 0.0101. The minimum atomic E-state index is -5.17. The van der Waals surface area contributed by atoms with E-state index in [-0.39, 0.29) is 12.8 Å². The number of carbonyl (C=O) groups is 2. The predicted molar refractivity (Wildman–Crippen MR) is 268 cm³/mol. The van der Waals surface area contributed by atoms with E-state index in [9.17, 15) is 49.7 Å². The molecule has 384 valence electrons. The number of hydrogen-bond acceptors (Lipinski definition) is 13. The number of phosphoric ester groups is 1. The van der Waals surface area contributed by atoms with Crippen molar-refractivity contribution in [3.8, 4) is 0 Å². The fourth-order valence-corrected chi connectivity index (χ4v) is 7.41. The number of hydrogen-bond donors (Lipinski definition) is 7. The van der Waals surface area contributed by atoms with Gasteiger partial charge < -0.3 is 45.0 Å². The van der Waals surface area contributed by atoms with Crippen molar-refractivity contribution in [2.45, 2.75) is 185 Å². The number of carbonyl (C=O) groups excluding carboxylic acids is 2. The highest BCUT2D eigenvalue weighted by atomic mass is 31.2. The van der Waals surface area contributed by atoms with Crippen LogP contribution in [-0.2, 0) is 32.7 Å². The zero-order valence-corrected chi connectivity index (χ0v) is 41.3. The van der Waals surface area contributed by atoms with Gasteiger partial charge in [0, 0.05) is 12.8 Å². The summed E-state index contributed by atoms with van der Waals surface area (Å²) in [7, 11) is -5.17. The van der Waals surface area contributed by atoms with Crippen molar-refractivity contribution in [3.63, 3.8) is 0 Å². The highest BCUT2D eigenvalue weighted by Crippen LogP contribution is 2.47. The van der Waals surface area contributed by atoms with Crippen molar-refractivity contribution < 1.29 is 68.2 Å². The third kappa shape index (κ3) is 32.9. The normalized spacial score (nSPS) is 22.5. The van der Waals surface area contributed by atoms with Crippen LogP contribution in [0.25, 0.3) is 0 Å². The summed E-state index contributed by atoms with van der Waals surface area (Å²) < 4.78 is 33.4. The molecule has 0 spiro atoms. The summed E-state index contributed by atoms with van der Waals surface area (Å²) in [5.41, 5.74) is 0. The number of unbranched alkanes of at least 4 members (excludes halogenated alkanes) is 6. The minimum Gasteiger partial charge on any atom is -0.462 e. The van der Waals surface area contributed by atoms with E-state index >= 15 is 0 Å². The van der Waals surface area contributed by atoms with Gasteiger partial charge in [-0.2, -0.15) is 0 Å². The van der Waals surface area contributed by atoms with E-state index in [0.29, 0.717) is 25.7 Å². The summed E-state index contributed by atoms with van der Waals surface area (Å²) in [4.78, 5) is 35.7. The molecule has 0 saturated heterocycles. The first-order valence-electron chi connectivity index (χ1n) is 24.4. The minimum absolute atomic E-state index is 0.0593. The number of allylic oxidation sites excluding steroid dienone is 18. The van der Waals surface area contributed by atoms with Crippen LogP contribution in [0.15, 0.2) is 122 Å². The monoisotopic (exact) mass is 975 g/mol. The Bertz CT molecular complexity index is 1660. The van der Waals surface area contributed by atoms with Gasteiger partial charge in [0.15, 0.2) is 6.10 Å². The molecular weight excluding hydrogens is 892 g/mol. The molecule has 0 amide bonds. The molecule has 0 bridgehead atoms. The van der Waals surface area contributed by atoms with Gasteiger partial charge in [0.05, 0.1) is 12.7 Å². The van der Waals surface area contributed by atoms with Crippen LogP contribution in [0.2, 0.25) is 0 Å². The largest absolute Gasteiger partial charge is 0.472 e. The van der Waals surface area contributed by atoms with Crippen LogP contribution in [-0.4, -0.2) is 110 Å². The van der Waals surface area contributed by atoms with Gasteiger partial charge in [0.1, 0.15) is 43.2 Å². The van der Waals surface area contributed by atoms with Crippen LogP contribution in [0.5, 0.6) is 0 Å². The van der Waals surface area contributed by atoms with Gasteiger partial charge in [0.25, 0.3) is 0 Å². The number of esters is 2. The van der Waals surface area contributed by atoms with E-state index in [0.717, 1.165) is 64.2 Å². The average Bonchev–Trinajstić information content (AvgIpc) is 3.32. The van der Waals surface area contributed by atoms with Gasteiger partial charge in [-0.25, -0.2) is 4.57 Å². The summed E-state index contributed by atoms with van der Waals surface area (Å²) in [5.74, 6) is -1.27. The van der Waals surface area contributed by atoms with E-state index < -0.39 is 81.8 Å². The van der Waals surface area contributed by atoms with E-state index in [2.05, 4.69) is 62.5 Å². The lowest BCUT2D eigenvalue weighted by Gasteiger charge is -2.41. The highest BCUT2D eigenvalue weighted by Gasteiger charge is 2.51. The molecule has 1 aliphatic carbocycles. The summed E-state index contributed by atoms with van der Waals surface area (Å²) in [6, 6.07) is 0. The van der Waals surface area contributed by atoms with E-state index in [4.69, 9.17) is 18.5 Å². The summed E-state index contributed by atoms with van der Waals surface area (Å²) in [5, 5.41) is 60.1. The zero-order valence-electron chi connectivity index (χ0n) is 40.5. The molecule has 0 aromatic heterocycles. The van der Waals surface area contributed by atoms with E-state index in [1.54, 1.807) is 6.08 Å². The smallest absolute Gasteiger partial charge is 0.462 e. The van der Waals surface area contributed by atoms with Crippen molar-refractivity contribution in [3.05, 3.63) is 122 Å². The second-order valence-electron chi connectivity index (χ2n) is 16.4. The molecule has 1 fully saturated rings. The van der Waals surface area contributed by atoms with Gasteiger partial charge >= 0.3 is 19.8 Å². The van der Waals surface area contributed by atoms with Crippen molar-refractivity contribution in [2.24, 2.45) is 0 Å². The van der Waals surface area contributed by atoms with Crippen LogP contribution in [0.3, 0.4) is 0 Å². The van der Waals surface area contributed by atoms with Crippen LogP contribution in [0, 0.1) is 0 Å². The molecule has 1 saturated carbocycles. The number of rotatable bonds is 38. The second kappa shape index (κ2) is 41.0. The first-order valence-corrected chi connectivity index (χ1v) is 25.9. The molecule has 9 atom stereocenters. The number of phosphoric acid groups is 1. The first kappa shape index (κ1) is 62.2. The van der Waals surface area contributed by atoms with Crippen LogP contribution in [0.1, 0.15) is 136 Å². The molecule has 4 unspecified atom stereocenters. The topological polar surface area (TPSA) is 230 Å². The molecule has 0 radical (unpaired) electrons. The number of aliphatic hydroxyl groups is 6. The van der Waals surface area contributed by atoms with Crippen LogP contribution in [0.4, 0.5) is 0 Å². The SMILES string of the molecule is CC/C=C\CC(O)/C=C/C=C/C/C=C\C/C=C\C/C=C\CCC(=O)O[C@H](COC(=O)CCCCC/C=C\C/C=C\C/C=C\C/C=C\CCCCC)COP(=O)(O)OC1[C@H](O)[C@H](O)C(O)[C@H](O)[C@H]1O. The Morgan fingerprint density at radius 1 is 0.544 bits per heavy atom. The Labute approximate surface area is 406 Å². The Hall–Kier alpha value is -3.79. The third-order valence-electron chi connectivity index (χ3n) is 10.4. The molecule has 1 aliphatic rings. The lowest BCUT2D eigenvalue weighted by molar-refractivity contribution is -0.220. The molecule has 14 nitrogen and oxygen atoms in total. The Kier molecular flexibility index (Phi) is 37.6. The Morgan fingerprint density at radius 2 is 1.04 bits per heavy atom. The van der Waals surface area contributed by atoms with Gasteiger partial charge in [-0.05, 0) is 89.9 Å². The fraction of sp³-hybridized carbons (Fsp3) is 0.585. The molecular formula is C53H83O14P. The van der Waals surface area contributed by atoms with Crippen molar-refractivity contribution in [1.29, 1.82) is 0 Å². The summed E-state index contributed by atoms with van der Waals surface area (Å²) in [6.07, 6.45) is 41.5. The lowest BCUT2D eigenvalue weighted by atomic mass is 9.85. The zero-order chi connectivity index (χ0) is 50.1. The van der Waals surface area contributed by atoms with E-state index in [1.165, 1.54) is 19.3 Å². The molecule has 0 heterocycles. The molecule has 7 N–H and O–H groups in total. The molecule has 1 rings (SSSR count). The van der Waals surface area contributed by atoms with Crippen LogP contribution < -0.4 is 0 Å². The number of aliphatic hydroxyl groups excluding tert-OH is 6. The Morgan fingerprint density at radius 3 is 1.59 bits per heavy atom. The predicted octanol–water partition coefficient (Wildman–Crippen LogP) is 9.14. The van der Waals surface area contributed by atoms with Gasteiger partial charge in [-0.1, -0.05) is 155 Å². The Balaban J connectivity index is 2.54. The van der Waals surface area contributed by atoms with Crippen molar-refractivity contribution in [2.75, 3.05) is 13.2 Å². The summed E-state index contributed by atoms with van der Waals surface area (Å²) >= 11 is 0. The average molecular weight is 975 g/mol. The molecule has 0 aliphatic heterocycles. The first-order chi connectivity index (χ1) is 32.8. The molecule has 15 heteroatoms. The van der Waals surface area contributed by atoms with Gasteiger partial charge in [-0.3, -0.25) is 18.6 Å². The fourth-order valence-electron chi connectivity index (χ4n) is 6.44. The summed E-state index contributed by atoms with van der Waals surface area (Å²) in [6.45, 7) is 2.96. The molecule has 0 aromatic rings. The second-order valence-corrected chi connectivity index (χ2v) is 17.8. The van der Waals surface area contributed by atoms with E-state index in [1.807, 2.05) is 66.8 Å². The standard InChI is InChI=1S/C53H83O14P/c1-3-5-7-8-9-10-11-12-13-14-15-16-17-20-23-26-29-32-36-40-46(55)64-42-45(43-65-68(62,63)67-53-51(60)49(58)48(57)50(59)52(53)61)66-47(56)41-37-33-30-27-24-21-18-19-22-25-28-31-35-39-44(54)38-34-6-4-2/h6,9-10,12-13,15-16,19-24,28,30-31,33-35,39,44-45,48-54,57-61H,3-5,7-8,11,14,17-18,25-27,29,32,36-38,40-43H2,1-2H3,(H,62,63)/b10-9-,13-12-,16-15-,22-19-,23-20-,24-21-,31-28+,33-30-,34-6-,39-35+/t44?,45-,48?,49-,50+,51-,52-,53?/m1/s1. The highest BCUT2D eigenvalue weighted by molar-refractivity contribution is 7.47. The number of ether oxygens (including phenoxy) is 2. The maximum absolute atomic E-state index is 12.8. The van der Waals surface area contributed by atoms with Crippen molar-refractivity contribution >= 4 is 19.8 Å². The van der Waals surface area contributed by atoms with Crippen molar-refractivity contribution in [1.82, 2.24) is 0 Å².